The zero-order valence-corrected chi connectivity index (χ0v) is 17.8. The number of rotatable bonds is 4. The van der Waals surface area contributed by atoms with Crippen LogP contribution in [-0.4, -0.2) is 21.2 Å². The van der Waals surface area contributed by atoms with E-state index in [2.05, 4.69) is 10.3 Å². The number of benzene rings is 2. The maximum Gasteiger partial charge on any atom is 0.408 e. The van der Waals surface area contributed by atoms with Crippen molar-refractivity contribution in [1.82, 2.24) is 14.9 Å². The van der Waals surface area contributed by atoms with E-state index in [9.17, 15) is 27.2 Å². The Morgan fingerprint density at radius 3 is 2.25 bits per heavy atom. The molecule has 0 aliphatic rings. The van der Waals surface area contributed by atoms with Gasteiger partial charge < -0.3 is 10.1 Å². The second-order valence-corrected chi connectivity index (χ2v) is 8.10. The van der Waals surface area contributed by atoms with E-state index in [4.69, 9.17) is 4.74 Å². The largest absolute Gasteiger partial charge is 0.444 e. The van der Waals surface area contributed by atoms with Crippen LogP contribution in [0.3, 0.4) is 0 Å². The van der Waals surface area contributed by atoms with Crippen molar-refractivity contribution in [2.24, 2.45) is 0 Å². The number of amides is 1. The Hall–Kier alpha value is -3.43. The number of fused-ring (bicyclic) bond motifs is 1. The van der Waals surface area contributed by atoms with Crippen molar-refractivity contribution in [2.45, 2.75) is 45.8 Å². The van der Waals surface area contributed by atoms with Gasteiger partial charge in [-0.2, -0.15) is 0 Å². The second kappa shape index (κ2) is 8.60. The van der Waals surface area contributed by atoms with Crippen LogP contribution in [-0.2, 0) is 4.74 Å². The van der Waals surface area contributed by atoms with Crippen LogP contribution in [0.1, 0.15) is 46.0 Å². The highest BCUT2D eigenvalue weighted by molar-refractivity contribution is 5.79. The molecule has 0 saturated heterocycles. The minimum Gasteiger partial charge on any atom is -0.444 e. The Balaban J connectivity index is 2.31. The SMILES string of the molecule is CCC(NC(=O)OC(C)(C)C)c1nc2c(F)ccc(F)c2c(=O)n1-c1cc(F)cc(F)c1. The molecule has 0 spiro atoms. The predicted molar refractivity (Wildman–Crippen MR) is 110 cm³/mol. The summed E-state index contributed by atoms with van der Waals surface area (Å²) in [5.74, 6) is -4.25. The number of nitrogens with one attached hydrogen (secondary N) is 1. The molecule has 32 heavy (non-hydrogen) atoms. The Kier molecular flexibility index (Phi) is 6.25. The standard InChI is InChI=1S/C22H21F4N3O3/c1-5-16(27-21(31)32-22(2,3)4)19-28-18-15(26)7-6-14(25)17(18)20(30)29(19)13-9-11(23)8-12(24)10-13/h6-10,16H,5H2,1-4H3,(H,27,31). The number of carbonyl (C=O) groups is 1. The minimum absolute atomic E-state index is 0.145. The third-order valence-corrected chi connectivity index (χ3v) is 4.47. The molecule has 1 N–H and O–H groups in total. The first-order chi connectivity index (χ1) is 14.9. The summed E-state index contributed by atoms with van der Waals surface area (Å²) in [5, 5.41) is 1.83. The quantitative estimate of drug-likeness (QED) is 0.572. The van der Waals surface area contributed by atoms with E-state index in [-0.39, 0.29) is 17.9 Å². The molecule has 0 aliphatic carbocycles. The molecular weight excluding hydrogens is 430 g/mol. The molecule has 1 heterocycles. The monoisotopic (exact) mass is 451 g/mol. The minimum atomic E-state index is -1.09. The van der Waals surface area contributed by atoms with Gasteiger partial charge in [-0.15, -0.1) is 0 Å². The summed E-state index contributed by atoms with van der Waals surface area (Å²) in [5.41, 5.74) is -2.79. The normalized spacial score (nSPS) is 12.6. The lowest BCUT2D eigenvalue weighted by Gasteiger charge is -2.25. The summed E-state index contributed by atoms with van der Waals surface area (Å²) < 4.78 is 62.7. The lowest BCUT2D eigenvalue weighted by atomic mass is 10.1. The van der Waals surface area contributed by atoms with Crippen LogP contribution in [0.15, 0.2) is 35.1 Å². The van der Waals surface area contributed by atoms with Crippen molar-refractivity contribution in [3.63, 3.8) is 0 Å². The van der Waals surface area contributed by atoms with Crippen LogP contribution in [0, 0.1) is 23.3 Å². The van der Waals surface area contributed by atoms with Gasteiger partial charge in [0.05, 0.1) is 11.7 Å². The molecule has 0 bridgehead atoms. The fourth-order valence-corrected chi connectivity index (χ4v) is 3.18. The Morgan fingerprint density at radius 1 is 1.09 bits per heavy atom. The number of aromatic nitrogens is 2. The van der Waals surface area contributed by atoms with Crippen LogP contribution in [0.5, 0.6) is 0 Å². The molecule has 1 aromatic heterocycles. The van der Waals surface area contributed by atoms with Gasteiger partial charge in [-0.25, -0.2) is 27.3 Å². The summed E-state index contributed by atoms with van der Waals surface area (Å²) >= 11 is 0. The zero-order chi connectivity index (χ0) is 23.8. The Bertz CT molecular complexity index is 1230. The molecule has 0 fully saturated rings. The number of nitrogens with zero attached hydrogens (tertiary/aromatic N) is 2. The molecule has 0 radical (unpaired) electrons. The van der Waals surface area contributed by atoms with Crippen molar-refractivity contribution in [3.8, 4) is 5.69 Å². The zero-order valence-electron chi connectivity index (χ0n) is 17.8. The van der Waals surface area contributed by atoms with E-state index < -0.39 is 57.5 Å². The Morgan fingerprint density at radius 2 is 1.69 bits per heavy atom. The van der Waals surface area contributed by atoms with Gasteiger partial charge in [0.15, 0.2) is 0 Å². The van der Waals surface area contributed by atoms with Gasteiger partial charge in [0.1, 0.15) is 45.6 Å². The molecule has 1 atom stereocenters. The van der Waals surface area contributed by atoms with Crippen LogP contribution in [0.2, 0.25) is 0 Å². The summed E-state index contributed by atoms with van der Waals surface area (Å²) in [6.07, 6.45) is -0.707. The number of ether oxygens (including phenoxy) is 1. The highest BCUT2D eigenvalue weighted by atomic mass is 19.1. The fraction of sp³-hybridized carbons (Fsp3) is 0.318. The third kappa shape index (κ3) is 4.74. The lowest BCUT2D eigenvalue weighted by molar-refractivity contribution is 0.0499. The summed E-state index contributed by atoms with van der Waals surface area (Å²) in [6, 6.07) is 2.82. The average molecular weight is 451 g/mol. The van der Waals surface area contributed by atoms with E-state index in [1.54, 1.807) is 27.7 Å². The first-order valence-electron chi connectivity index (χ1n) is 9.78. The molecule has 1 amide bonds. The van der Waals surface area contributed by atoms with Crippen LogP contribution < -0.4 is 10.9 Å². The number of alkyl carbamates (subject to hydrolysis) is 1. The van der Waals surface area contributed by atoms with E-state index in [0.717, 1.165) is 28.8 Å². The highest BCUT2D eigenvalue weighted by Crippen LogP contribution is 2.24. The number of hydrogen-bond donors (Lipinski definition) is 1. The van der Waals surface area contributed by atoms with Crippen molar-refractivity contribution in [2.75, 3.05) is 0 Å². The van der Waals surface area contributed by atoms with Gasteiger partial charge >= 0.3 is 6.09 Å². The fourth-order valence-electron chi connectivity index (χ4n) is 3.18. The lowest BCUT2D eigenvalue weighted by Crippen LogP contribution is -2.38. The van der Waals surface area contributed by atoms with Crippen molar-refractivity contribution in [1.29, 1.82) is 0 Å². The van der Waals surface area contributed by atoms with E-state index >= 15 is 0 Å². The molecule has 1 unspecified atom stereocenters. The van der Waals surface area contributed by atoms with Crippen molar-refractivity contribution in [3.05, 3.63) is 69.8 Å². The molecule has 0 saturated carbocycles. The predicted octanol–water partition coefficient (Wildman–Crippen LogP) is 4.92. The van der Waals surface area contributed by atoms with Gasteiger partial charge in [0, 0.05) is 6.07 Å². The van der Waals surface area contributed by atoms with Gasteiger partial charge in [-0.3, -0.25) is 9.36 Å². The van der Waals surface area contributed by atoms with Gasteiger partial charge in [0.2, 0.25) is 0 Å². The smallest absolute Gasteiger partial charge is 0.408 e. The summed E-state index contributed by atoms with van der Waals surface area (Å²) in [6.45, 7) is 6.57. The third-order valence-electron chi connectivity index (χ3n) is 4.47. The molecule has 170 valence electrons. The van der Waals surface area contributed by atoms with E-state index in [1.807, 2.05) is 0 Å². The first kappa shape index (κ1) is 23.2. The second-order valence-electron chi connectivity index (χ2n) is 8.10. The highest BCUT2D eigenvalue weighted by Gasteiger charge is 2.26. The summed E-state index contributed by atoms with van der Waals surface area (Å²) in [4.78, 5) is 29.6. The van der Waals surface area contributed by atoms with Crippen LogP contribution in [0.4, 0.5) is 22.4 Å². The van der Waals surface area contributed by atoms with Gasteiger partial charge in [0.25, 0.3) is 5.56 Å². The average Bonchev–Trinajstić information content (AvgIpc) is 2.66. The molecule has 3 rings (SSSR count). The van der Waals surface area contributed by atoms with E-state index in [1.165, 1.54) is 0 Å². The maximum absolute atomic E-state index is 14.4. The number of hydrogen-bond acceptors (Lipinski definition) is 4. The molecule has 6 nitrogen and oxygen atoms in total. The van der Waals surface area contributed by atoms with Crippen molar-refractivity contribution < 1.29 is 27.1 Å². The van der Waals surface area contributed by atoms with Gasteiger partial charge in [-0.1, -0.05) is 6.92 Å². The molecule has 0 aliphatic heterocycles. The van der Waals surface area contributed by atoms with E-state index in [0.29, 0.717) is 6.07 Å². The van der Waals surface area contributed by atoms with Crippen molar-refractivity contribution >= 4 is 17.0 Å². The van der Waals surface area contributed by atoms with Crippen LogP contribution in [0.25, 0.3) is 16.6 Å². The number of halogens is 4. The Labute approximate surface area is 180 Å². The first-order valence-corrected chi connectivity index (χ1v) is 9.78. The van der Waals surface area contributed by atoms with Gasteiger partial charge in [-0.05, 0) is 51.5 Å². The molecule has 2 aromatic carbocycles. The van der Waals surface area contributed by atoms with Crippen LogP contribution >= 0.6 is 0 Å². The molecular formula is C22H21F4N3O3. The molecule has 10 heteroatoms. The number of carbonyl (C=O) groups excluding carboxylic acids is 1. The maximum atomic E-state index is 14.4. The summed E-state index contributed by atoms with van der Waals surface area (Å²) in [7, 11) is 0. The topological polar surface area (TPSA) is 73.2 Å². The molecule has 3 aromatic rings.